The van der Waals surface area contributed by atoms with Gasteiger partial charge >= 0.3 is 0 Å². The monoisotopic (exact) mass is 313 g/mol. The number of methoxy groups -OCH3 is 2. The molecule has 2 aromatic carbocycles. The molecule has 1 aromatic heterocycles. The highest BCUT2D eigenvalue weighted by molar-refractivity contribution is 5.82. The third kappa shape index (κ3) is 2.90. The lowest BCUT2D eigenvalue weighted by Gasteiger charge is -2.14. The number of nitrogens with zero attached hydrogens (tertiary/aromatic N) is 1. The Bertz CT molecular complexity index is 813. The number of pyridine rings is 1. The van der Waals surface area contributed by atoms with E-state index in [9.17, 15) is 4.39 Å². The maximum absolute atomic E-state index is 13.8. The van der Waals surface area contributed by atoms with Crippen LogP contribution in [0.2, 0.25) is 0 Å². The van der Waals surface area contributed by atoms with Gasteiger partial charge in [-0.15, -0.1) is 0 Å². The van der Waals surface area contributed by atoms with Gasteiger partial charge in [0.2, 0.25) is 5.75 Å². The van der Waals surface area contributed by atoms with Crippen LogP contribution in [0.4, 0.5) is 4.39 Å². The molecule has 23 heavy (non-hydrogen) atoms. The molecular weight excluding hydrogens is 297 g/mol. The second-order valence-electron chi connectivity index (χ2n) is 4.89. The first-order valence-corrected chi connectivity index (χ1v) is 7.10. The molecule has 5 heteroatoms. The first-order valence-electron chi connectivity index (χ1n) is 7.10. The number of para-hydroxylation sites is 1. The number of rotatable bonds is 5. The molecule has 0 radical (unpaired) electrons. The average Bonchev–Trinajstić information content (AvgIpc) is 2.61. The summed E-state index contributed by atoms with van der Waals surface area (Å²) in [4.78, 5) is 4.26. The van der Waals surface area contributed by atoms with Crippen LogP contribution in [0.3, 0.4) is 0 Å². The number of halogens is 1. The Balaban J connectivity index is 1.95. The van der Waals surface area contributed by atoms with Crippen LogP contribution in [0.5, 0.6) is 17.2 Å². The van der Waals surface area contributed by atoms with Gasteiger partial charge in [0.1, 0.15) is 12.4 Å². The zero-order valence-corrected chi connectivity index (χ0v) is 12.9. The fraction of sp³-hybridized carbons (Fsp3) is 0.167. The van der Waals surface area contributed by atoms with Gasteiger partial charge < -0.3 is 14.2 Å². The summed E-state index contributed by atoms with van der Waals surface area (Å²) < 4.78 is 30.3. The van der Waals surface area contributed by atoms with Crippen molar-refractivity contribution in [2.24, 2.45) is 0 Å². The van der Waals surface area contributed by atoms with Crippen LogP contribution in [0.25, 0.3) is 10.9 Å². The quantitative estimate of drug-likeness (QED) is 0.714. The number of hydrogen-bond acceptors (Lipinski definition) is 4. The highest BCUT2D eigenvalue weighted by Gasteiger charge is 2.13. The maximum Gasteiger partial charge on any atom is 0.203 e. The lowest BCUT2D eigenvalue weighted by molar-refractivity contribution is 0.266. The molecule has 0 fully saturated rings. The lowest BCUT2D eigenvalue weighted by atomic mass is 10.1. The van der Waals surface area contributed by atoms with E-state index in [1.807, 2.05) is 6.07 Å². The van der Waals surface area contributed by atoms with Crippen molar-refractivity contribution in [2.45, 2.75) is 6.61 Å². The number of benzene rings is 2. The molecule has 0 unspecified atom stereocenters. The van der Waals surface area contributed by atoms with Crippen LogP contribution in [-0.2, 0) is 6.61 Å². The number of hydrogen-bond donors (Lipinski definition) is 0. The van der Waals surface area contributed by atoms with Crippen molar-refractivity contribution in [1.82, 2.24) is 4.98 Å². The molecule has 0 spiro atoms. The molecule has 3 rings (SSSR count). The van der Waals surface area contributed by atoms with Crippen LogP contribution in [0.1, 0.15) is 5.56 Å². The normalized spacial score (nSPS) is 10.6. The van der Waals surface area contributed by atoms with Gasteiger partial charge in [0.25, 0.3) is 0 Å². The molecule has 0 amide bonds. The Morgan fingerprint density at radius 3 is 2.39 bits per heavy atom. The smallest absolute Gasteiger partial charge is 0.203 e. The summed E-state index contributed by atoms with van der Waals surface area (Å²) in [5, 5.41) is 0.473. The molecule has 0 saturated heterocycles. The van der Waals surface area contributed by atoms with E-state index >= 15 is 0 Å². The summed E-state index contributed by atoms with van der Waals surface area (Å²) in [6, 6.07) is 11.9. The molecule has 0 aliphatic carbocycles. The zero-order valence-electron chi connectivity index (χ0n) is 12.9. The number of aromatic nitrogens is 1. The zero-order chi connectivity index (χ0) is 16.2. The van der Waals surface area contributed by atoms with E-state index in [4.69, 9.17) is 14.2 Å². The van der Waals surface area contributed by atoms with Gasteiger partial charge in [-0.1, -0.05) is 12.1 Å². The Morgan fingerprint density at radius 1 is 0.957 bits per heavy atom. The van der Waals surface area contributed by atoms with Crippen LogP contribution in [-0.4, -0.2) is 19.2 Å². The van der Waals surface area contributed by atoms with Crippen molar-refractivity contribution in [1.29, 1.82) is 0 Å². The van der Waals surface area contributed by atoms with Crippen LogP contribution in [0.15, 0.2) is 48.7 Å². The van der Waals surface area contributed by atoms with Crippen LogP contribution < -0.4 is 14.2 Å². The Labute approximate surface area is 133 Å². The molecular formula is C18H16FNO3. The second kappa shape index (κ2) is 6.52. The molecule has 0 N–H and O–H groups in total. The minimum absolute atomic E-state index is 0.227. The molecule has 118 valence electrons. The molecule has 4 nitrogen and oxygen atoms in total. The van der Waals surface area contributed by atoms with Crippen LogP contribution in [0, 0.1) is 5.82 Å². The molecule has 1 heterocycles. The number of fused-ring (bicyclic) bond motifs is 1. The first kappa shape index (κ1) is 15.1. The fourth-order valence-corrected chi connectivity index (χ4v) is 2.42. The van der Waals surface area contributed by atoms with Gasteiger partial charge in [-0.3, -0.25) is 4.98 Å². The molecule has 0 saturated carbocycles. The van der Waals surface area contributed by atoms with Gasteiger partial charge in [0, 0.05) is 17.1 Å². The first-order chi connectivity index (χ1) is 11.2. The van der Waals surface area contributed by atoms with Crippen molar-refractivity contribution >= 4 is 10.9 Å². The lowest BCUT2D eigenvalue weighted by Crippen LogP contribution is -2.01. The Hall–Kier alpha value is -2.82. The summed E-state index contributed by atoms with van der Waals surface area (Å²) in [5.41, 5.74) is 1.37. The van der Waals surface area contributed by atoms with E-state index < -0.39 is 0 Å². The van der Waals surface area contributed by atoms with Gasteiger partial charge in [0.15, 0.2) is 11.5 Å². The standard InChI is InChI=1S/C18H16FNO3/c1-21-15-6-3-7-16(22-2)18(15)23-11-12-8-9-14(19)13-5-4-10-20-17(12)13/h3-10H,11H2,1-2H3. The van der Waals surface area contributed by atoms with E-state index in [0.29, 0.717) is 28.2 Å². The summed E-state index contributed by atoms with van der Waals surface area (Å²) in [5.74, 6) is 1.35. The molecule has 3 aromatic rings. The van der Waals surface area contributed by atoms with E-state index in [-0.39, 0.29) is 12.4 Å². The van der Waals surface area contributed by atoms with Crippen molar-refractivity contribution < 1.29 is 18.6 Å². The minimum Gasteiger partial charge on any atom is -0.493 e. The van der Waals surface area contributed by atoms with E-state index in [2.05, 4.69) is 4.98 Å². The van der Waals surface area contributed by atoms with Crippen LogP contribution >= 0.6 is 0 Å². The highest BCUT2D eigenvalue weighted by Crippen LogP contribution is 2.37. The van der Waals surface area contributed by atoms with E-state index in [1.54, 1.807) is 50.7 Å². The van der Waals surface area contributed by atoms with Crippen molar-refractivity contribution in [3.8, 4) is 17.2 Å². The molecule has 0 atom stereocenters. The second-order valence-corrected chi connectivity index (χ2v) is 4.89. The van der Waals surface area contributed by atoms with E-state index in [1.165, 1.54) is 6.07 Å². The van der Waals surface area contributed by atoms with Crippen molar-refractivity contribution in [2.75, 3.05) is 14.2 Å². The highest BCUT2D eigenvalue weighted by atomic mass is 19.1. The Kier molecular flexibility index (Phi) is 4.28. The third-order valence-electron chi connectivity index (χ3n) is 3.55. The summed E-state index contributed by atoms with van der Waals surface area (Å²) >= 11 is 0. The SMILES string of the molecule is COc1cccc(OC)c1OCc1ccc(F)c2cccnc12. The maximum atomic E-state index is 13.8. The minimum atomic E-state index is -0.299. The predicted octanol–water partition coefficient (Wildman–Crippen LogP) is 3.97. The van der Waals surface area contributed by atoms with Gasteiger partial charge in [-0.2, -0.15) is 0 Å². The van der Waals surface area contributed by atoms with Gasteiger partial charge in [-0.05, 0) is 30.3 Å². The van der Waals surface area contributed by atoms with Gasteiger partial charge in [0.05, 0.1) is 19.7 Å². The largest absolute Gasteiger partial charge is 0.493 e. The predicted molar refractivity (Wildman–Crippen MR) is 85.6 cm³/mol. The van der Waals surface area contributed by atoms with Crippen molar-refractivity contribution in [3.63, 3.8) is 0 Å². The molecule has 0 aliphatic heterocycles. The molecule has 0 bridgehead atoms. The number of ether oxygens (including phenoxy) is 3. The van der Waals surface area contributed by atoms with Crippen molar-refractivity contribution in [3.05, 3.63) is 60.0 Å². The summed E-state index contributed by atoms with van der Waals surface area (Å²) in [6.07, 6.45) is 1.63. The van der Waals surface area contributed by atoms with Gasteiger partial charge in [-0.25, -0.2) is 4.39 Å². The Morgan fingerprint density at radius 2 is 1.70 bits per heavy atom. The fourth-order valence-electron chi connectivity index (χ4n) is 2.42. The summed E-state index contributed by atoms with van der Waals surface area (Å²) in [7, 11) is 3.13. The summed E-state index contributed by atoms with van der Waals surface area (Å²) in [6.45, 7) is 0.227. The topological polar surface area (TPSA) is 40.6 Å². The molecule has 0 aliphatic rings. The third-order valence-corrected chi connectivity index (χ3v) is 3.55. The average molecular weight is 313 g/mol. The van der Waals surface area contributed by atoms with E-state index in [0.717, 1.165) is 5.56 Å².